The molecule has 1 aromatic heterocycles. The standard InChI is InChI=1S/C9H12N2O2S/c12-6-1-2-10-8(13)7(5-6)9-11-3-4-14-9/h3-4,6-7,12H,1-2,5H2,(H,10,13). The first-order valence-corrected chi connectivity index (χ1v) is 5.50. The molecule has 2 atom stereocenters. The summed E-state index contributed by atoms with van der Waals surface area (Å²) >= 11 is 1.46. The van der Waals surface area contributed by atoms with E-state index in [4.69, 9.17) is 0 Å². The molecule has 2 unspecified atom stereocenters. The summed E-state index contributed by atoms with van der Waals surface area (Å²) in [7, 11) is 0. The number of rotatable bonds is 1. The lowest BCUT2D eigenvalue weighted by molar-refractivity contribution is -0.122. The Morgan fingerprint density at radius 3 is 3.21 bits per heavy atom. The molecule has 1 aliphatic rings. The molecule has 0 radical (unpaired) electrons. The van der Waals surface area contributed by atoms with Gasteiger partial charge in [-0.05, 0) is 12.8 Å². The first-order valence-electron chi connectivity index (χ1n) is 4.62. The number of hydrogen-bond acceptors (Lipinski definition) is 4. The molecule has 1 aromatic rings. The molecule has 0 saturated carbocycles. The van der Waals surface area contributed by atoms with E-state index < -0.39 is 6.10 Å². The monoisotopic (exact) mass is 212 g/mol. The summed E-state index contributed by atoms with van der Waals surface area (Å²) in [6.07, 6.45) is 2.40. The van der Waals surface area contributed by atoms with Gasteiger partial charge < -0.3 is 10.4 Å². The van der Waals surface area contributed by atoms with E-state index in [0.29, 0.717) is 19.4 Å². The largest absolute Gasteiger partial charge is 0.393 e. The lowest BCUT2D eigenvalue weighted by Crippen LogP contribution is -2.27. The first kappa shape index (κ1) is 9.61. The second-order valence-corrected chi connectivity index (χ2v) is 4.32. The Morgan fingerprint density at radius 1 is 1.64 bits per heavy atom. The summed E-state index contributed by atoms with van der Waals surface area (Å²) in [6.45, 7) is 0.557. The van der Waals surface area contributed by atoms with Crippen LogP contribution in [0.15, 0.2) is 11.6 Å². The van der Waals surface area contributed by atoms with E-state index in [1.165, 1.54) is 11.3 Å². The van der Waals surface area contributed by atoms with Crippen molar-refractivity contribution in [3.63, 3.8) is 0 Å². The summed E-state index contributed by atoms with van der Waals surface area (Å²) in [5.41, 5.74) is 0. The third-order valence-corrected chi connectivity index (χ3v) is 3.24. The van der Waals surface area contributed by atoms with Crippen LogP contribution in [0.25, 0.3) is 0 Å². The number of carbonyl (C=O) groups is 1. The van der Waals surface area contributed by atoms with Crippen LogP contribution in [-0.4, -0.2) is 28.6 Å². The van der Waals surface area contributed by atoms with E-state index in [1.54, 1.807) is 6.20 Å². The van der Waals surface area contributed by atoms with Gasteiger partial charge >= 0.3 is 0 Å². The minimum Gasteiger partial charge on any atom is -0.393 e. The summed E-state index contributed by atoms with van der Waals surface area (Å²) < 4.78 is 0. The molecule has 1 saturated heterocycles. The van der Waals surface area contributed by atoms with E-state index in [1.807, 2.05) is 5.38 Å². The Kier molecular flexibility index (Phi) is 2.79. The van der Waals surface area contributed by atoms with Crippen LogP contribution in [0.2, 0.25) is 0 Å². The molecule has 1 fully saturated rings. The van der Waals surface area contributed by atoms with Gasteiger partial charge in [-0.1, -0.05) is 0 Å². The van der Waals surface area contributed by atoms with Gasteiger partial charge in [0.25, 0.3) is 0 Å². The maximum atomic E-state index is 11.6. The van der Waals surface area contributed by atoms with Crippen LogP contribution in [-0.2, 0) is 4.79 Å². The Labute approximate surface area is 86.0 Å². The molecule has 5 heteroatoms. The zero-order valence-electron chi connectivity index (χ0n) is 7.64. The van der Waals surface area contributed by atoms with Gasteiger partial charge in [-0.2, -0.15) is 0 Å². The van der Waals surface area contributed by atoms with Gasteiger partial charge in [0.1, 0.15) is 5.01 Å². The number of carbonyl (C=O) groups excluding carboxylic acids is 1. The van der Waals surface area contributed by atoms with Crippen molar-refractivity contribution in [3.05, 3.63) is 16.6 Å². The van der Waals surface area contributed by atoms with Crippen LogP contribution in [0, 0.1) is 0 Å². The van der Waals surface area contributed by atoms with E-state index in [2.05, 4.69) is 10.3 Å². The summed E-state index contributed by atoms with van der Waals surface area (Å²) in [5, 5.41) is 15.0. The molecule has 0 aliphatic carbocycles. The number of thiazole rings is 1. The third kappa shape index (κ3) is 1.93. The number of nitrogens with zero attached hydrogens (tertiary/aromatic N) is 1. The minimum atomic E-state index is -0.400. The van der Waals surface area contributed by atoms with Crippen molar-refractivity contribution in [2.75, 3.05) is 6.54 Å². The maximum absolute atomic E-state index is 11.6. The number of nitrogens with one attached hydrogen (secondary N) is 1. The predicted octanol–water partition coefficient (Wildman–Crippen LogP) is 0.498. The van der Waals surface area contributed by atoms with E-state index >= 15 is 0 Å². The first-order chi connectivity index (χ1) is 6.77. The zero-order chi connectivity index (χ0) is 9.97. The van der Waals surface area contributed by atoms with Crippen LogP contribution in [0.4, 0.5) is 0 Å². The highest BCUT2D eigenvalue weighted by Crippen LogP contribution is 2.25. The Hall–Kier alpha value is -0.940. The molecule has 2 rings (SSSR count). The highest BCUT2D eigenvalue weighted by molar-refractivity contribution is 7.09. The van der Waals surface area contributed by atoms with Crippen LogP contribution < -0.4 is 5.32 Å². The van der Waals surface area contributed by atoms with Crippen LogP contribution in [0.5, 0.6) is 0 Å². The smallest absolute Gasteiger partial charge is 0.230 e. The fourth-order valence-corrected chi connectivity index (χ4v) is 2.35. The van der Waals surface area contributed by atoms with Gasteiger partial charge in [-0.3, -0.25) is 4.79 Å². The molecule has 1 aliphatic heterocycles. The molecule has 0 aromatic carbocycles. The summed E-state index contributed by atoms with van der Waals surface area (Å²) in [6, 6.07) is 0. The average molecular weight is 212 g/mol. The third-order valence-electron chi connectivity index (χ3n) is 2.35. The maximum Gasteiger partial charge on any atom is 0.230 e. The van der Waals surface area contributed by atoms with E-state index in [0.717, 1.165) is 5.01 Å². The fraction of sp³-hybridized carbons (Fsp3) is 0.556. The molecule has 2 heterocycles. The van der Waals surface area contributed by atoms with Gasteiger partial charge in [0, 0.05) is 18.1 Å². The predicted molar refractivity (Wildman–Crippen MR) is 53.1 cm³/mol. The number of hydrogen-bond donors (Lipinski definition) is 2. The topological polar surface area (TPSA) is 62.2 Å². The van der Waals surface area contributed by atoms with Gasteiger partial charge in [0.2, 0.25) is 5.91 Å². The lowest BCUT2D eigenvalue weighted by atomic mass is 10.0. The van der Waals surface area contributed by atoms with E-state index in [9.17, 15) is 9.90 Å². The van der Waals surface area contributed by atoms with Gasteiger partial charge in [0.05, 0.1) is 12.0 Å². The molecular formula is C9H12N2O2S. The van der Waals surface area contributed by atoms with Crippen molar-refractivity contribution in [2.24, 2.45) is 0 Å². The van der Waals surface area contributed by atoms with Crippen molar-refractivity contribution in [1.29, 1.82) is 0 Å². The number of aromatic nitrogens is 1. The Morgan fingerprint density at radius 2 is 2.50 bits per heavy atom. The Bertz CT molecular complexity index is 313. The van der Waals surface area contributed by atoms with Crippen molar-refractivity contribution >= 4 is 17.2 Å². The molecule has 4 nitrogen and oxygen atoms in total. The number of amides is 1. The molecule has 0 spiro atoms. The van der Waals surface area contributed by atoms with Gasteiger partial charge in [-0.15, -0.1) is 11.3 Å². The van der Waals surface area contributed by atoms with Crippen molar-refractivity contribution in [3.8, 4) is 0 Å². The van der Waals surface area contributed by atoms with Crippen LogP contribution >= 0.6 is 11.3 Å². The minimum absolute atomic E-state index is 0.0171. The average Bonchev–Trinajstić information content (AvgIpc) is 2.61. The quantitative estimate of drug-likeness (QED) is 0.712. The molecule has 14 heavy (non-hydrogen) atoms. The fourth-order valence-electron chi connectivity index (χ4n) is 1.60. The number of aliphatic hydroxyl groups excluding tert-OH is 1. The van der Waals surface area contributed by atoms with Gasteiger partial charge in [-0.25, -0.2) is 4.98 Å². The number of aliphatic hydroxyl groups is 1. The molecular weight excluding hydrogens is 200 g/mol. The normalized spacial score (nSPS) is 28.2. The molecule has 1 amide bonds. The second kappa shape index (κ2) is 4.06. The van der Waals surface area contributed by atoms with Crippen LogP contribution in [0.3, 0.4) is 0 Å². The molecule has 2 N–H and O–H groups in total. The Balaban J connectivity index is 2.18. The molecule has 0 bridgehead atoms. The summed E-state index contributed by atoms with van der Waals surface area (Å²) in [4.78, 5) is 15.7. The highest BCUT2D eigenvalue weighted by Gasteiger charge is 2.28. The lowest BCUT2D eigenvalue weighted by Gasteiger charge is -2.11. The summed E-state index contributed by atoms with van der Waals surface area (Å²) in [5.74, 6) is -0.288. The van der Waals surface area contributed by atoms with E-state index in [-0.39, 0.29) is 11.8 Å². The van der Waals surface area contributed by atoms with Crippen molar-refractivity contribution in [1.82, 2.24) is 10.3 Å². The van der Waals surface area contributed by atoms with Crippen molar-refractivity contribution < 1.29 is 9.90 Å². The van der Waals surface area contributed by atoms with Crippen LogP contribution in [0.1, 0.15) is 23.8 Å². The van der Waals surface area contributed by atoms with Gasteiger partial charge in [0.15, 0.2) is 0 Å². The van der Waals surface area contributed by atoms with Crippen molar-refractivity contribution in [2.45, 2.75) is 24.9 Å². The highest BCUT2D eigenvalue weighted by atomic mass is 32.1. The molecule has 76 valence electrons. The zero-order valence-corrected chi connectivity index (χ0v) is 8.46. The SMILES string of the molecule is O=C1NCCC(O)CC1c1nccs1. The second-order valence-electron chi connectivity index (χ2n) is 3.39.